The number of hydrogen-bond acceptors (Lipinski definition) is 2. The van der Waals surface area contributed by atoms with Crippen LogP contribution in [0, 0.1) is 0 Å². The van der Waals surface area contributed by atoms with Crippen LogP contribution in [0.5, 0.6) is 0 Å². The molecule has 0 spiro atoms. The number of rotatable bonds is 3. The number of nitrogens with one attached hydrogen (secondary N) is 1. The van der Waals surface area contributed by atoms with Gasteiger partial charge in [-0.1, -0.05) is 23.7 Å². The molecule has 0 atom stereocenters. The van der Waals surface area contributed by atoms with E-state index in [4.69, 9.17) is 16.7 Å². The summed E-state index contributed by atoms with van der Waals surface area (Å²) in [5.41, 5.74) is 2.30. The summed E-state index contributed by atoms with van der Waals surface area (Å²) >= 11 is 7.46. The zero-order valence-electron chi connectivity index (χ0n) is 9.81. The van der Waals surface area contributed by atoms with Gasteiger partial charge in [0, 0.05) is 16.3 Å². The lowest BCUT2D eigenvalue weighted by Crippen LogP contribution is -1.94. The summed E-state index contributed by atoms with van der Waals surface area (Å²) in [6.45, 7) is 0. The van der Waals surface area contributed by atoms with E-state index < -0.39 is 5.97 Å². The van der Waals surface area contributed by atoms with Gasteiger partial charge in [0.1, 0.15) is 5.69 Å². The molecule has 0 fully saturated rings. The Hall–Kier alpha value is -1.78. The molecule has 0 amide bonds. The molecule has 0 aliphatic heterocycles. The van der Waals surface area contributed by atoms with Crippen LogP contribution >= 0.6 is 22.9 Å². The van der Waals surface area contributed by atoms with E-state index in [0.29, 0.717) is 0 Å². The minimum absolute atomic E-state index is 0.235. The van der Waals surface area contributed by atoms with Crippen molar-refractivity contribution in [1.82, 2.24) is 4.98 Å². The Kier molecular flexibility index (Phi) is 3.05. The molecular weight excluding hydrogens is 282 g/mol. The number of carboxylic acid groups (broad SMARTS) is 1. The largest absolute Gasteiger partial charge is 0.477 e. The molecule has 2 aromatic heterocycles. The van der Waals surface area contributed by atoms with E-state index in [2.05, 4.69) is 4.98 Å². The number of carbonyl (C=O) groups is 1. The number of thiophene rings is 1. The summed E-state index contributed by atoms with van der Waals surface area (Å²) in [6.07, 6.45) is 0.826. The smallest absolute Gasteiger partial charge is 0.352 e. The zero-order chi connectivity index (χ0) is 13.4. The van der Waals surface area contributed by atoms with Gasteiger partial charge in [0.2, 0.25) is 0 Å². The summed E-state index contributed by atoms with van der Waals surface area (Å²) in [7, 11) is 0. The molecule has 0 aliphatic carbocycles. The molecule has 2 heterocycles. The molecule has 0 radical (unpaired) electrons. The third kappa shape index (κ3) is 2.50. The molecule has 3 rings (SSSR count). The predicted molar refractivity (Wildman–Crippen MR) is 77.4 cm³/mol. The average molecular weight is 292 g/mol. The van der Waals surface area contributed by atoms with E-state index in [9.17, 15) is 4.79 Å². The van der Waals surface area contributed by atoms with Crippen molar-refractivity contribution in [3.8, 4) is 0 Å². The fourth-order valence-electron chi connectivity index (χ4n) is 1.98. The van der Waals surface area contributed by atoms with Crippen LogP contribution in [0.4, 0.5) is 0 Å². The maximum Gasteiger partial charge on any atom is 0.352 e. The van der Waals surface area contributed by atoms with Crippen molar-refractivity contribution >= 4 is 39.1 Å². The third-order valence-electron chi connectivity index (χ3n) is 2.88. The second kappa shape index (κ2) is 4.72. The summed E-state index contributed by atoms with van der Waals surface area (Å²) in [4.78, 5) is 14.9. The van der Waals surface area contributed by atoms with Gasteiger partial charge in [0.05, 0.1) is 10.2 Å². The van der Waals surface area contributed by atoms with Crippen LogP contribution in [-0.4, -0.2) is 16.1 Å². The van der Waals surface area contributed by atoms with Gasteiger partial charge in [0.25, 0.3) is 0 Å². The predicted octanol–water partition coefficient (Wildman–Crippen LogP) is 4.17. The SMILES string of the molecule is O=C(O)c1cc2sc(Cc3ccc(Cl)cc3)cc2[nH]1. The van der Waals surface area contributed by atoms with Gasteiger partial charge in [-0.05, 0) is 29.8 Å². The maximum absolute atomic E-state index is 10.8. The van der Waals surface area contributed by atoms with Crippen molar-refractivity contribution < 1.29 is 9.90 Å². The lowest BCUT2D eigenvalue weighted by Gasteiger charge is -1.98. The number of aromatic amines is 1. The average Bonchev–Trinajstić information content (AvgIpc) is 2.90. The Bertz CT molecular complexity index is 711. The van der Waals surface area contributed by atoms with Crippen molar-refractivity contribution in [1.29, 1.82) is 0 Å². The van der Waals surface area contributed by atoms with Gasteiger partial charge < -0.3 is 10.1 Å². The molecule has 1 aromatic carbocycles. The van der Waals surface area contributed by atoms with Crippen LogP contribution in [0.15, 0.2) is 36.4 Å². The first-order valence-electron chi connectivity index (χ1n) is 5.71. The first kappa shape index (κ1) is 12.3. The van der Waals surface area contributed by atoms with E-state index >= 15 is 0 Å². The van der Waals surface area contributed by atoms with Crippen molar-refractivity contribution in [2.45, 2.75) is 6.42 Å². The molecule has 0 aliphatic rings. The fraction of sp³-hybridized carbons (Fsp3) is 0.0714. The van der Waals surface area contributed by atoms with E-state index in [1.807, 2.05) is 30.3 Å². The van der Waals surface area contributed by atoms with Crippen LogP contribution in [0.1, 0.15) is 20.9 Å². The molecule has 0 unspecified atom stereocenters. The number of aromatic carboxylic acids is 1. The monoisotopic (exact) mass is 291 g/mol. The number of halogens is 1. The van der Waals surface area contributed by atoms with E-state index in [-0.39, 0.29) is 5.69 Å². The molecule has 96 valence electrons. The Labute approximate surface area is 118 Å². The van der Waals surface area contributed by atoms with Crippen molar-refractivity contribution in [3.63, 3.8) is 0 Å². The first-order valence-corrected chi connectivity index (χ1v) is 6.90. The van der Waals surface area contributed by atoms with Gasteiger partial charge in [-0.3, -0.25) is 0 Å². The first-order chi connectivity index (χ1) is 9.11. The van der Waals surface area contributed by atoms with Crippen molar-refractivity contribution in [2.24, 2.45) is 0 Å². The highest BCUT2D eigenvalue weighted by molar-refractivity contribution is 7.19. The maximum atomic E-state index is 10.8. The second-order valence-corrected chi connectivity index (χ2v) is 5.89. The molecule has 3 aromatic rings. The number of hydrogen-bond donors (Lipinski definition) is 2. The van der Waals surface area contributed by atoms with Crippen molar-refractivity contribution in [2.75, 3.05) is 0 Å². The summed E-state index contributed by atoms with van der Waals surface area (Å²) in [5.74, 6) is -0.928. The molecule has 5 heteroatoms. The summed E-state index contributed by atoms with van der Waals surface area (Å²) < 4.78 is 0.973. The van der Waals surface area contributed by atoms with Gasteiger partial charge in [0.15, 0.2) is 0 Å². The molecule has 0 bridgehead atoms. The minimum atomic E-state index is -0.928. The number of aromatic nitrogens is 1. The molecule has 0 saturated heterocycles. The Morgan fingerprint density at radius 3 is 2.63 bits per heavy atom. The van der Waals surface area contributed by atoms with Gasteiger partial charge in [-0.2, -0.15) is 0 Å². The lowest BCUT2D eigenvalue weighted by atomic mass is 10.1. The molecule has 2 N–H and O–H groups in total. The summed E-state index contributed by atoms with van der Waals surface area (Å²) in [6, 6.07) is 11.4. The van der Waals surface area contributed by atoms with E-state index in [1.54, 1.807) is 17.4 Å². The molecule has 19 heavy (non-hydrogen) atoms. The van der Waals surface area contributed by atoms with Crippen LogP contribution in [0.25, 0.3) is 10.2 Å². The van der Waals surface area contributed by atoms with E-state index in [0.717, 1.165) is 21.7 Å². The van der Waals surface area contributed by atoms with E-state index in [1.165, 1.54) is 10.4 Å². The van der Waals surface area contributed by atoms with Crippen LogP contribution in [0.3, 0.4) is 0 Å². The fourth-order valence-corrected chi connectivity index (χ4v) is 3.20. The lowest BCUT2D eigenvalue weighted by molar-refractivity contribution is 0.0691. The quantitative estimate of drug-likeness (QED) is 0.761. The Balaban J connectivity index is 1.87. The van der Waals surface area contributed by atoms with Crippen LogP contribution in [-0.2, 0) is 6.42 Å². The number of benzene rings is 1. The number of fused-ring (bicyclic) bond motifs is 1. The number of carboxylic acids is 1. The highest BCUT2D eigenvalue weighted by Crippen LogP contribution is 2.28. The topological polar surface area (TPSA) is 53.1 Å². The summed E-state index contributed by atoms with van der Waals surface area (Å²) in [5, 5.41) is 9.63. The van der Waals surface area contributed by atoms with Gasteiger partial charge in [-0.25, -0.2) is 4.79 Å². The van der Waals surface area contributed by atoms with Gasteiger partial charge in [-0.15, -0.1) is 11.3 Å². The molecule has 3 nitrogen and oxygen atoms in total. The van der Waals surface area contributed by atoms with Gasteiger partial charge >= 0.3 is 5.97 Å². The molecule has 0 saturated carbocycles. The zero-order valence-corrected chi connectivity index (χ0v) is 11.4. The van der Waals surface area contributed by atoms with Crippen LogP contribution < -0.4 is 0 Å². The molecular formula is C14H10ClNO2S. The second-order valence-electron chi connectivity index (χ2n) is 4.28. The van der Waals surface area contributed by atoms with Crippen LogP contribution in [0.2, 0.25) is 5.02 Å². The normalized spacial score (nSPS) is 11.0. The Morgan fingerprint density at radius 1 is 1.26 bits per heavy atom. The Morgan fingerprint density at radius 2 is 2.00 bits per heavy atom. The third-order valence-corrected chi connectivity index (χ3v) is 4.21. The number of H-pyrrole nitrogens is 1. The standard InChI is InChI=1S/C14H10ClNO2S/c15-9-3-1-8(2-4-9)5-10-6-11-13(19-10)7-12(16-11)14(17)18/h1-4,6-7,16H,5H2,(H,17,18). The minimum Gasteiger partial charge on any atom is -0.477 e. The highest BCUT2D eigenvalue weighted by atomic mass is 35.5. The highest BCUT2D eigenvalue weighted by Gasteiger charge is 2.10. The van der Waals surface area contributed by atoms with Crippen molar-refractivity contribution in [3.05, 3.63) is 57.6 Å².